The summed E-state index contributed by atoms with van der Waals surface area (Å²) in [7, 11) is 4.52. The number of ketones is 2. The summed E-state index contributed by atoms with van der Waals surface area (Å²) in [6, 6.07) is 3.73. The van der Waals surface area contributed by atoms with Crippen LogP contribution in [-0.4, -0.2) is 80.8 Å². The third-order valence-corrected chi connectivity index (χ3v) is 8.10. The van der Waals surface area contributed by atoms with Gasteiger partial charge >= 0.3 is 0 Å². The first-order chi connectivity index (χ1) is 17.9. The van der Waals surface area contributed by atoms with Crippen LogP contribution in [0, 0.1) is 11.8 Å². The first-order valence-electron chi connectivity index (χ1n) is 12.0. The molecule has 2 aromatic rings. The van der Waals surface area contributed by atoms with Crippen LogP contribution in [0.3, 0.4) is 0 Å². The van der Waals surface area contributed by atoms with Gasteiger partial charge in [0, 0.05) is 27.8 Å². The van der Waals surface area contributed by atoms with Crippen LogP contribution in [0.5, 0.6) is 11.5 Å². The average molecular weight is 525 g/mol. The van der Waals surface area contributed by atoms with Gasteiger partial charge in [0.1, 0.15) is 28.6 Å². The molecule has 0 aromatic heterocycles. The predicted octanol–water partition coefficient (Wildman–Crippen LogP) is 0.618. The van der Waals surface area contributed by atoms with E-state index in [-0.39, 0.29) is 41.7 Å². The van der Waals surface area contributed by atoms with Gasteiger partial charge in [-0.3, -0.25) is 19.3 Å². The van der Waals surface area contributed by atoms with Crippen molar-refractivity contribution in [3.05, 3.63) is 51.8 Å². The molecule has 38 heavy (non-hydrogen) atoms. The van der Waals surface area contributed by atoms with Crippen LogP contribution in [0.2, 0.25) is 0 Å². The van der Waals surface area contributed by atoms with Crippen molar-refractivity contribution >= 4 is 34.0 Å². The molecule has 4 atom stereocenters. The minimum Gasteiger partial charge on any atom is -0.508 e. The molecular weight excluding hydrogens is 496 g/mol. The number of ether oxygens (including phenoxy) is 1. The number of nitrogens with two attached hydrogens (primary N) is 1. The Labute approximate surface area is 217 Å². The van der Waals surface area contributed by atoms with Crippen molar-refractivity contribution in [2.24, 2.45) is 17.6 Å². The second-order valence-corrected chi connectivity index (χ2v) is 10.2. The summed E-state index contributed by atoms with van der Waals surface area (Å²) < 4.78 is 5.67. The summed E-state index contributed by atoms with van der Waals surface area (Å²) in [4.78, 5) is 40.6. The van der Waals surface area contributed by atoms with E-state index in [4.69, 9.17) is 10.5 Å². The summed E-state index contributed by atoms with van der Waals surface area (Å²) in [5.41, 5.74) is 2.39. The van der Waals surface area contributed by atoms with Gasteiger partial charge in [-0.15, -0.1) is 0 Å². The molecule has 11 nitrogen and oxygen atoms in total. The maximum absolute atomic E-state index is 13.9. The summed E-state index contributed by atoms with van der Waals surface area (Å²) in [5.74, 6) is -6.78. The smallest absolute Gasteiger partial charge is 0.255 e. The van der Waals surface area contributed by atoms with E-state index in [1.165, 1.54) is 18.1 Å². The number of fused-ring (bicyclic) bond motifs is 4. The number of aliphatic hydroxyl groups excluding tert-OH is 3. The minimum atomic E-state index is -2.70. The largest absolute Gasteiger partial charge is 0.508 e. The van der Waals surface area contributed by atoms with Crippen molar-refractivity contribution in [3.8, 4) is 11.5 Å². The number of amides is 1. The molecule has 3 aliphatic rings. The molecule has 2 aromatic carbocycles. The fourth-order valence-electron chi connectivity index (χ4n) is 6.45. The van der Waals surface area contributed by atoms with Crippen molar-refractivity contribution in [2.45, 2.75) is 31.1 Å². The number of phenolic OH excluding ortho intramolecular Hbond substituents is 1. The van der Waals surface area contributed by atoms with E-state index in [0.717, 1.165) is 0 Å². The fraction of sp³-hybridized carbons (Fsp3) is 0.370. The Morgan fingerprint density at radius 2 is 1.87 bits per heavy atom. The number of primary amides is 1. The van der Waals surface area contributed by atoms with Gasteiger partial charge < -0.3 is 36.0 Å². The van der Waals surface area contributed by atoms with E-state index < -0.39 is 58.0 Å². The first kappa shape index (κ1) is 25.7. The average Bonchev–Trinajstić information content (AvgIpc) is 2.86. The highest BCUT2D eigenvalue weighted by atomic mass is 16.5. The summed E-state index contributed by atoms with van der Waals surface area (Å²) in [6.45, 7) is -0.295. The van der Waals surface area contributed by atoms with Crippen LogP contribution in [0.15, 0.2) is 35.1 Å². The van der Waals surface area contributed by atoms with Crippen LogP contribution in [-0.2, 0) is 27.4 Å². The minimum absolute atomic E-state index is 0.0167. The van der Waals surface area contributed by atoms with Gasteiger partial charge in [0.15, 0.2) is 11.4 Å². The van der Waals surface area contributed by atoms with Crippen molar-refractivity contribution in [2.75, 3.05) is 21.2 Å². The number of methoxy groups -OCH3 is 1. The Morgan fingerprint density at radius 1 is 1.18 bits per heavy atom. The van der Waals surface area contributed by atoms with Gasteiger partial charge in [-0.05, 0) is 44.5 Å². The standard InChI is InChI=1S/C27H28N2O9/c1-29(2)19-15-8-11-7-14-17(20(31)13-6-10(9-30)4-5-12(13)23(14)38-3)21(32)16(11)24(34)27(15,37)25(35)18(22(19)33)26(28)36/h4-6,11,15,19,30-32,35,37H,7-9H2,1-3H3,(H2,28,36)/t11-,15-,19-,27-/m0/s1. The summed E-state index contributed by atoms with van der Waals surface area (Å²) in [6.07, 6.45) is 0.0973. The molecule has 1 saturated carbocycles. The van der Waals surface area contributed by atoms with Crippen molar-refractivity contribution in [1.82, 2.24) is 4.90 Å². The van der Waals surface area contributed by atoms with Crippen molar-refractivity contribution < 1.29 is 44.7 Å². The molecule has 200 valence electrons. The first-order valence-corrected chi connectivity index (χ1v) is 12.0. The Morgan fingerprint density at radius 3 is 2.45 bits per heavy atom. The molecule has 1 amide bonds. The van der Waals surface area contributed by atoms with Crippen molar-refractivity contribution in [1.29, 1.82) is 0 Å². The number of carbonyl (C=O) groups excluding carboxylic acids is 3. The molecule has 7 N–H and O–H groups in total. The molecule has 0 spiro atoms. The summed E-state index contributed by atoms with van der Waals surface area (Å²) in [5, 5.41) is 55.6. The number of phenols is 1. The van der Waals surface area contributed by atoms with Crippen LogP contribution in [0.1, 0.15) is 23.1 Å². The topological polar surface area (TPSA) is 191 Å². The lowest BCUT2D eigenvalue weighted by molar-refractivity contribution is -0.153. The van der Waals surface area contributed by atoms with E-state index in [0.29, 0.717) is 22.3 Å². The number of likely N-dealkylation sites (N-methyl/N-ethyl adjacent to an activating group) is 1. The van der Waals surface area contributed by atoms with Crippen LogP contribution in [0.4, 0.5) is 0 Å². The molecule has 0 unspecified atom stereocenters. The van der Waals surface area contributed by atoms with Gasteiger partial charge in [0.25, 0.3) is 5.91 Å². The van der Waals surface area contributed by atoms with Crippen LogP contribution < -0.4 is 10.5 Å². The van der Waals surface area contributed by atoms with E-state index in [9.17, 15) is 39.9 Å². The number of hydrogen-bond donors (Lipinski definition) is 6. The Kier molecular flexibility index (Phi) is 5.78. The molecule has 0 saturated heterocycles. The Hall–Kier alpha value is -3.93. The van der Waals surface area contributed by atoms with Gasteiger partial charge in [0.05, 0.1) is 25.3 Å². The summed E-state index contributed by atoms with van der Waals surface area (Å²) >= 11 is 0. The molecule has 11 heteroatoms. The Balaban J connectivity index is 1.80. The Bertz CT molecular complexity index is 1510. The lowest BCUT2D eigenvalue weighted by Gasteiger charge is -2.50. The quantitative estimate of drug-likeness (QED) is 0.309. The second kappa shape index (κ2) is 8.55. The van der Waals surface area contributed by atoms with E-state index in [1.807, 2.05) is 0 Å². The molecule has 0 heterocycles. The fourth-order valence-corrected chi connectivity index (χ4v) is 6.45. The number of aliphatic hydroxyl groups is 4. The van der Waals surface area contributed by atoms with Gasteiger partial charge in [-0.2, -0.15) is 0 Å². The second-order valence-electron chi connectivity index (χ2n) is 10.2. The predicted molar refractivity (Wildman–Crippen MR) is 134 cm³/mol. The van der Waals surface area contributed by atoms with E-state index >= 15 is 0 Å². The van der Waals surface area contributed by atoms with Gasteiger partial charge in [-0.25, -0.2) is 0 Å². The molecule has 0 radical (unpaired) electrons. The number of aromatic hydroxyl groups is 1. The number of Topliss-reactive ketones (excluding diaryl/α,β-unsaturated/α-hetero) is 2. The van der Waals surface area contributed by atoms with Gasteiger partial charge in [0.2, 0.25) is 5.78 Å². The number of carbonyl (C=O) groups is 3. The third-order valence-electron chi connectivity index (χ3n) is 8.10. The molecule has 0 bridgehead atoms. The number of benzene rings is 2. The maximum Gasteiger partial charge on any atom is 0.255 e. The number of nitrogens with zero attached hydrogens (tertiary/aromatic N) is 1. The molecule has 0 aliphatic heterocycles. The monoisotopic (exact) mass is 524 g/mol. The molecule has 5 rings (SSSR count). The lowest BCUT2D eigenvalue weighted by Crippen LogP contribution is -2.65. The number of rotatable bonds is 4. The normalized spacial score (nSPS) is 26.9. The molecule has 3 aliphatic carbocycles. The molecule has 1 fully saturated rings. The third kappa shape index (κ3) is 3.15. The maximum atomic E-state index is 13.9. The van der Waals surface area contributed by atoms with Crippen LogP contribution in [0.25, 0.3) is 16.5 Å². The van der Waals surface area contributed by atoms with E-state index in [1.54, 1.807) is 26.2 Å². The zero-order valence-electron chi connectivity index (χ0n) is 21.0. The van der Waals surface area contributed by atoms with Crippen LogP contribution >= 0.6 is 0 Å². The van der Waals surface area contributed by atoms with Crippen molar-refractivity contribution in [3.63, 3.8) is 0 Å². The zero-order valence-corrected chi connectivity index (χ0v) is 21.0. The highest BCUT2D eigenvalue weighted by Crippen LogP contribution is 2.55. The SMILES string of the molecule is COc1c2c(c(O)c3cc(CO)ccc13)C(O)=C1C(=O)[C@]3(O)C(O)=C(C(N)=O)C(=O)[C@@H](N(C)C)[C@@H]3C[C@@H]1C2. The number of hydrogen-bond acceptors (Lipinski definition) is 10. The highest BCUT2D eigenvalue weighted by molar-refractivity contribution is 6.24. The highest BCUT2D eigenvalue weighted by Gasteiger charge is 2.64. The lowest BCUT2D eigenvalue weighted by atomic mass is 9.57. The molecular formula is C27H28N2O9. The van der Waals surface area contributed by atoms with Gasteiger partial charge in [-0.1, -0.05) is 12.1 Å². The zero-order chi connectivity index (χ0) is 27.8. The van der Waals surface area contributed by atoms with E-state index in [2.05, 4.69) is 0 Å².